The van der Waals surface area contributed by atoms with Crippen LogP contribution in [0.15, 0.2) is 18.2 Å². The van der Waals surface area contributed by atoms with E-state index >= 15 is 0 Å². The van der Waals surface area contributed by atoms with Gasteiger partial charge in [-0.05, 0) is 18.6 Å². The van der Waals surface area contributed by atoms with Gasteiger partial charge in [-0.25, -0.2) is 12.8 Å². The first-order valence-corrected chi connectivity index (χ1v) is 8.52. The normalized spacial score (nSPS) is 10.8. The lowest BCUT2D eigenvalue weighted by Gasteiger charge is -2.07. The van der Waals surface area contributed by atoms with Crippen molar-refractivity contribution in [3.8, 4) is 17.6 Å². The molecule has 0 spiro atoms. The minimum Gasteiger partial charge on any atom is -0.493 e. The van der Waals surface area contributed by atoms with Crippen molar-refractivity contribution < 1.29 is 22.7 Å². The Balaban J connectivity index is 2.58. The molecule has 1 N–H and O–H groups in total. The summed E-state index contributed by atoms with van der Waals surface area (Å²) in [6.45, 7) is 1.75. The highest BCUT2D eigenvalue weighted by Gasteiger charge is 2.07. The second kappa shape index (κ2) is 8.65. The zero-order chi connectivity index (χ0) is 15.7. The first kappa shape index (κ1) is 17.5. The number of rotatable bonds is 7. The summed E-state index contributed by atoms with van der Waals surface area (Å²) in [5.74, 6) is 5.44. The van der Waals surface area contributed by atoms with Gasteiger partial charge in [-0.2, -0.15) is 0 Å². The molecule has 1 aromatic carbocycles. The summed E-state index contributed by atoms with van der Waals surface area (Å²) in [4.78, 5) is 0. The monoisotopic (exact) mass is 314 g/mol. The first-order chi connectivity index (χ1) is 9.96. The lowest BCUT2D eigenvalue weighted by molar-refractivity contribution is 0.305. The van der Waals surface area contributed by atoms with Crippen LogP contribution in [0.1, 0.15) is 25.3 Å². The molecule has 0 aliphatic rings. The number of hydrogen-bond donors (Lipinski definition) is 1. The van der Waals surface area contributed by atoms with Crippen molar-refractivity contribution in [2.45, 2.75) is 19.8 Å². The quantitative estimate of drug-likeness (QED) is 0.615. The molecule has 1 rings (SSSR count). The van der Waals surface area contributed by atoms with Gasteiger partial charge in [0, 0.05) is 23.8 Å². The Morgan fingerprint density at radius 3 is 2.76 bits per heavy atom. The van der Waals surface area contributed by atoms with E-state index < -0.39 is 15.7 Å². The molecular formula is C15H19FO4S. The van der Waals surface area contributed by atoms with Crippen LogP contribution in [0.4, 0.5) is 4.39 Å². The van der Waals surface area contributed by atoms with Gasteiger partial charge in [0.1, 0.15) is 21.4 Å². The largest absolute Gasteiger partial charge is 0.493 e. The molecule has 0 aliphatic heterocycles. The van der Waals surface area contributed by atoms with Gasteiger partial charge in [-0.1, -0.05) is 18.8 Å². The zero-order valence-corrected chi connectivity index (χ0v) is 12.7. The Labute approximate surface area is 124 Å². The molecule has 0 aliphatic carbocycles. The molecular weight excluding hydrogens is 295 g/mol. The van der Waals surface area contributed by atoms with Crippen LogP contribution >= 0.6 is 0 Å². The lowest BCUT2D eigenvalue weighted by atomic mass is 10.2. The summed E-state index contributed by atoms with van der Waals surface area (Å²) in [7, 11) is -3.01. The van der Waals surface area contributed by atoms with Crippen LogP contribution in [0.5, 0.6) is 5.75 Å². The first-order valence-electron chi connectivity index (χ1n) is 6.70. The molecule has 0 atom stereocenters. The van der Waals surface area contributed by atoms with Crippen molar-refractivity contribution in [1.29, 1.82) is 0 Å². The highest BCUT2D eigenvalue weighted by molar-refractivity contribution is 7.91. The number of aliphatic hydroxyl groups excluding tert-OH is 1. The topological polar surface area (TPSA) is 63.6 Å². The van der Waals surface area contributed by atoms with Gasteiger partial charge in [0.25, 0.3) is 0 Å². The summed E-state index contributed by atoms with van der Waals surface area (Å²) in [5.41, 5.74) is 0.458. The van der Waals surface area contributed by atoms with Gasteiger partial charge >= 0.3 is 0 Å². The maximum absolute atomic E-state index is 13.4. The van der Waals surface area contributed by atoms with Crippen LogP contribution in [0.3, 0.4) is 0 Å². The van der Waals surface area contributed by atoms with Crippen molar-refractivity contribution in [2.24, 2.45) is 0 Å². The average molecular weight is 314 g/mol. The average Bonchev–Trinajstić information content (AvgIpc) is 2.43. The third-order valence-electron chi connectivity index (χ3n) is 2.65. The second-order valence-corrected chi connectivity index (χ2v) is 6.86. The molecule has 6 heteroatoms. The fourth-order valence-corrected chi connectivity index (χ4v) is 2.40. The number of ether oxygens (including phenoxy) is 1. The van der Waals surface area contributed by atoms with Crippen molar-refractivity contribution in [1.82, 2.24) is 0 Å². The van der Waals surface area contributed by atoms with E-state index in [0.29, 0.717) is 24.2 Å². The molecule has 0 heterocycles. The van der Waals surface area contributed by atoms with E-state index in [1.807, 2.05) is 0 Å². The van der Waals surface area contributed by atoms with Gasteiger partial charge in [0.2, 0.25) is 0 Å². The van der Waals surface area contributed by atoms with Crippen LogP contribution in [0.2, 0.25) is 0 Å². The fraction of sp³-hybridized carbons (Fsp3) is 0.467. The second-order valence-electron chi connectivity index (χ2n) is 4.39. The molecule has 116 valence electrons. The smallest absolute Gasteiger partial charge is 0.150 e. The minimum atomic E-state index is -3.01. The predicted octanol–water partition coefficient (Wildman–Crippen LogP) is 1.76. The summed E-state index contributed by atoms with van der Waals surface area (Å²) in [6, 6.07) is 4.09. The van der Waals surface area contributed by atoms with Crippen LogP contribution < -0.4 is 4.74 Å². The predicted molar refractivity (Wildman–Crippen MR) is 79.4 cm³/mol. The Kier molecular flexibility index (Phi) is 7.20. The molecule has 0 amide bonds. The molecule has 0 unspecified atom stereocenters. The van der Waals surface area contributed by atoms with Crippen molar-refractivity contribution in [3.63, 3.8) is 0 Å². The number of aliphatic hydroxyl groups is 1. The third-order valence-corrected chi connectivity index (χ3v) is 4.44. The summed E-state index contributed by atoms with van der Waals surface area (Å²) < 4.78 is 41.4. The highest BCUT2D eigenvalue weighted by atomic mass is 32.2. The van der Waals surface area contributed by atoms with Gasteiger partial charge in [0.05, 0.1) is 19.0 Å². The van der Waals surface area contributed by atoms with Crippen LogP contribution in [-0.4, -0.2) is 38.2 Å². The van der Waals surface area contributed by atoms with E-state index in [4.69, 9.17) is 9.84 Å². The number of sulfone groups is 1. The third kappa shape index (κ3) is 7.11. The Bertz CT molecular complexity index is 614. The molecule has 21 heavy (non-hydrogen) atoms. The summed E-state index contributed by atoms with van der Waals surface area (Å²) in [6.07, 6.45) is 0.680. The summed E-state index contributed by atoms with van der Waals surface area (Å²) >= 11 is 0. The molecule has 4 nitrogen and oxygen atoms in total. The van der Waals surface area contributed by atoms with Gasteiger partial charge in [-0.15, -0.1) is 0 Å². The standard InChI is InChI=1S/C15H19FO4S/c1-2-21(18,19)9-5-8-20-15-11-13(6-3-4-7-17)10-14(16)12-15/h10-12,17H,2,4-5,7-9H2,1H3. The molecule has 0 fully saturated rings. The fourth-order valence-electron chi connectivity index (χ4n) is 1.55. The lowest BCUT2D eigenvalue weighted by Crippen LogP contribution is -2.11. The molecule has 0 bridgehead atoms. The molecule has 1 aromatic rings. The van der Waals surface area contributed by atoms with Gasteiger partial charge in [0.15, 0.2) is 0 Å². The number of benzene rings is 1. The Morgan fingerprint density at radius 1 is 1.33 bits per heavy atom. The Morgan fingerprint density at radius 2 is 2.10 bits per heavy atom. The molecule has 0 radical (unpaired) electrons. The molecule has 0 saturated heterocycles. The van der Waals surface area contributed by atoms with E-state index in [2.05, 4.69) is 11.8 Å². The highest BCUT2D eigenvalue weighted by Crippen LogP contribution is 2.16. The number of halogens is 1. The van der Waals surface area contributed by atoms with E-state index in [1.165, 1.54) is 12.1 Å². The Hall–Kier alpha value is -1.58. The van der Waals surface area contributed by atoms with Crippen molar-refractivity contribution >= 4 is 9.84 Å². The van der Waals surface area contributed by atoms with Crippen molar-refractivity contribution in [2.75, 3.05) is 24.7 Å². The minimum absolute atomic E-state index is 0.0441. The van der Waals surface area contributed by atoms with E-state index in [-0.39, 0.29) is 24.7 Å². The van der Waals surface area contributed by atoms with Crippen LogP contribution in [0.25, 0.3) is 0 Å². The van der Waals surface area contributed by atoms with Crippen molar-refractivity contribution in [3.05, 3.63) is 29.6 Å². The van der Waals surface area contributed by atoms with Gasteiger partial charge in [-0.3, -0.25) is 0 Å². The SMILES string of the molecule is CCS(=O)(=O)CCCOc1cc(F)cc(C#CCCO)c1. The van der Waals surface area contributed by atoms with E-state index in [0.717, 1.165) is 0 Å². The molecule has 0 aromatic heterocycles. The van der Waals surface area contributed by atoms with Gasteiger partial charge < -0.3 is 9.84 Å². The maximum Gasteiger partial charge on any atom is 0.150 e. The number of hydrogen-bond acceptors (Lipinski definition) is 4. The molecule has 0 saturated carbocycles. The van der Waals surface area contributed by atoms with Crippen LogP contribution in [-0.2, 0) is 9.84 Å². The zero-order valence-electron chi connectivity index (χ0n) is 11.9. The maximum atomic E-state index is 13.4. The summed E-state index contributed by atoms with van der Waals surface area (Å²) in [5, 5.41) is 8.63. The van der Waals surface area contributed by atoms with Crippen LogP contribution in [0, 0.1) is 17.7 Å². The van der Waals surface area contributed by atoms with E-state index in [1.54, 1.807) is 13.0 Å². The van der Waals surface area contributed by atoms with E-state index in [9.17, 15) is 12.8 Å².